The zero-order valence-corrected chi connectivity index (χ0v) is 22.5. The van der Waals surface area contributed by atoms with Crippen molar-refractivity contribution in [2.45, 2.75) is 63.4 Å². The van der Waals surface area contributed by atoms with Gasteiger partial charge in [-0.2, -0.15) is 11.8 Å². The van der Waals surface area contributed by atoms with Crippen LogP contribution >= 0.6 is 23.4 Å². The second kappa shape index (κ2) is 11.4. The van der Waals surface area contributed by atoms with Gasteiger partial charge in [-0.05, 0) is 75.3 Å². The summed E-state index contributed by atoms with van der Waals surface area (Å²) in [4.78, 5) is 25.4. The first-order valence-electron chi connectivity index (χ1n) is 12.4. The number of aliphatic carboxylic acids is 1. The monoisotopic (exact) mass is 531 g/mol. The van der Waals surface area contributed by atoms with Crippen LogP contribution in [0.1, 0.15) is 50.3 Å². The van der Waals surface area contributed by atoms with Crippen molar-refractivity contribution >= 4 is 35.2 Å². The summed E-state index contributed by atoms with van der Waals surface area (Å²) in [7, 11) is 0. The van der Waals surface area contributed by atoms with Gasteiger partial charge in [-0.15, -0.1) is 0 Å². The van der Waals surface area contributed by atoms with Gasteiger partial charge in [0.05, 0.1) is 18.1 Å². The number of fused-ring (bicyclic) bond motifs is 3. The van der Waals surface area contributed by atoms with Gasteiger partial charge < -0.3 is 19.9 Å². The number of aryl methyl sites for hydroxylation is 1. The lowest BCUT2D eigenvalue weighted by Crippen LogP contribution is -2.55. The maximum atomic E-state index is 13.6. The molecule has 2 aromatic rings. The summed E-state index contributed by atoms with van der Waals surface area (Å²) >= 11 is 7.89. The summed E-state index contributed by atoms with van der Waals surface area (Å²) in [5.41, 5.74) is 1.50. The Morgan fingerprint density at radius 2 is 1.97 bits per heavy atom. The highest BCUT2D eigenvalue weighted by Gasteiger charge is 2.52. The molecule has 0 spiro atoms. The number of halogens is 1. The minimum Gasteiger partial charge on any atom is -0.487 e. The fourth-order valence-electron chi connectivity index (χ4n) is 5.33. The van der Waals surface area contributed by atoms with Crippen LogP contribution in [0.5, 0.6) is 5.75 Å². The van der Waals surface area contributed by atoms with Gasteiger partial charge in [0.25, 0.3) is 0 Å². The van der Waals surface area contributed by atoms with E-state index in [1.165, 1.54) is 5.56 Å². The van der Waals surface area contributed by atoms with Crippen LogP contribution in [0.15, 0.2) is 48.5 Å². The fourth-order valence-corrected chi connectivity index (χ4v) is 5.98. The van der Waals surface area contributed by atoms with E-state index in [1.54, 1.807) is 11.8 Å². The molecule has 8 heteroatoms. The molecule has 2 aliphatic heterocycles. The van der Waals surface area contributed by atoms with Gasteiger partial charge in [-0.25, -0.2) is 4.79 Å². The zero-order valence-electron chi connectivity index (χ0n) is 20.9. The van der Waals surface area contributed by atoms with E-state index in [1.807, 2.05) is 56.5 Å². The molecular formula is C28H34ClNO5S. The molecule has 2 aliphatic rings. The highest BCUT2D eigenvalue weighted by atomic mass is 35.5. The summed E-state index contributed by atoms with van der Waals surface area (Å²) < 4.78 is 13.1. The quantitative estimate of drug-likeness (QED) is 0.442. The third-order valence-corrected chi connectivity index (χ3v) is 8.19. The first-order chi connectivity index (χ1) is 17.2. The summed E-state index contributed by atoms with van der Waals surface area (Å²) in [6.07, 6.45) is 3.58. The second-order valence-corrected chi connectivity index (χ2v) is 11.6. The van der Waals surface area contributed by atoms with Crippen LogP contribution in [0.2, 0.25) is 5.02 Å². The predicted molar refractivity (Wildman–Crippen MR) is 143 cm³/mol. The van der Waals surface area contributed by atoms with Crippen molar-refractivity contribution in [3.05, 3.63) is 64.7 Å². The highest BCUT2D eigenvalue weighted by Crippen LogP contribution is 2.52. The van der Waals surface area contributed by atoms with Crippen LogP contribution in [0.4, 0.5) is 0 Å². The molecule has 5 atom stereocenters. The van der Waals surface area contributed by atoms with Crippen molar-refractivity contribution in [2.24, 2.45) is 11.8 Å². The zero-order chi connectivity index (χ0) is 25.9. The Kier molecular flexibility index (Phi) is 8.53. The molecular weight excluding hydrogens is 498 g/mol. The maximum absolute atomic E-state index is 13.6. The van der Waals surface area contributed by atoms with Crippen molar-refractivity contribution in [3.63, 3.8) is 0 Å². The number of hydrogen-bond acceptors (Lipinski definition) is 5. The Labute approximate surface area is 222 Å². The molecule has 2 aromatic carbocycles. The van der Waals surface area contributed by atoms with E-state index in [0.29, 0.717) is 30.0 Å². The molecule has 0 unspecified atom stereocenters. The topological polar surface area (TPSA) is 84.9 Å². The number of carbonyl (C=O) groups is 2. The molecule has 1 fully saturated rings. The molecule has 0 bridgehead atoms. The van der Waals surface area contributed by atoms with Crippen LogP contribution in [0, 0.1) is 11.8 Å². The van der Waals surface area contributed by atoms with Crippen LogP contribution in [-0.2, 0) is 20.7 Å². The first kappa shape index (κ1) is 26.8. The van der Waals surface area contributed by atoms with Crippen LogP contribution in [0.3, 0.4) is 0 Å². The molecule has 194 valence electrons. The molecule has 1 saturated heterocycles. The van der Waals surface area contributed by atoms with Gasteiger partial charge in [0.1, 0.15) is 17.4 Å². The van der Waals surface area contributed by atoms with E-state index in [0.717, 1.165) is 17.7 Å². The number of carbonyl (C=O) groups excluding carboxylic acids is 1. The first-order valence-corrected chi connectivity index (χ1v) is 14.2. The average molecular weight is 532 g/mol. The van der Waals surface area contributed by atoms with E-state index >= 15 is 0 Å². The number of hydrogen-bond donors (Lipinski definition) is 2. The summed E-state index contributed by atoms with van der Waals surface area (Å²) in [6.45, 7) is 4.03. The Hall–Kier alpha value is -2.22. The largest absolute Gasteiger partial charge is 0.487 e. The lowest BCUT2D eigenvalue weighted by Gasteiger charge is -2.51. The summed E-state index contributed by atoms with van der Waals surface area (Å²) in [6, 6.07) is 14.8. The minimum atomic E-state index is -1.02. The average Bonchev–Trinajstić information content (AvgIpc) is 2.85. The van der Waals surface area contributed by atoms with Crippen molar-refractivity contribution in [1.29, 1.82) is 0 Å². The lowest BCUT2D eigenvalue weighted by atomic mass is 9.71. The Morgan fingerprint density at radius 3 is 2.67 bits per heavy atom. The second-order valence-electron chi connectivity index (χ2n) is 10.1. The van der Waals surface area contributed by atoms with Crippen LogP contribution in [-0.4, -0.2) is 46.7 Å². The molecule has 0 aromatic heterocycles. The summed E-state index contributed by atoms with van der Waals surface area (Å²) in [5, 5.41) is 13.1. The van der Waals surface area contributed by atoms with E-state index in [9.17, 15) is 14.7 Å². The number of ether oxygens (including phenoxy) is 2. The van der Waals surface area contributed by atoms with Crippen LogP contribution < -0.4 is 10.1 Å². The normalized spacial score (nSPS) is 25.1. The number of carboxylic acid groups (broad SMARTS) is 1. The molecule has 0 aliphatic carbocycles. The number of carboxylic acids is 1. The molecule has 0 radical (unpaired) electrons. The molecule has 6 nitrogen and oxygen atoms in total. The molecule has 4 rings (SSSR count). The van der Waals surface area contributed by atoms with Crippen LogP contribution in [0.25, 0.3) is 0 Å². The molecule has 2 N–H and O–H groups in total. The van der Waals surface area contributed by atoms with E-state index in [4.69, 9.17) is 21.1 Å². The third-order valence-electron chi connectivity index (χ3n) is 7.31. The number of amides is 1. The number of rotatable bonds is 9. The van der Waals surface area contributed by atoms with Gasteiger partial charge >= 0.3 is 5.97 Å². The summed E-state index contributed by atoms with van der Waals surface area (Å²) in [5.74, 6) is -0.473. The van der Waals surface area contributed by atoms with Crippen molar-refractivity contribution in [1.82, 2.24) is 5.32 Å². The molecule has 36 heavy (non-hydrogen) atoms. The molecule has 2 heterocycles. The Morgan fingerprint density at radius 1 is 1.22 bits per heavy atom. The van der Waals surface area contributed by atoms with Gasteiger partial charge in [-0.3, -0.25) is 4.79 Å². The van der Waals surface area contributed by atoms with Gasteiger partial charge in [-0.1, -0.05) is 41.9 Å². The molecule has 0 saturated carbocycles. The lowest BCUT2D eigenvalue weighted by molar-refractivity contribution is -0.181. The fraction of sp³-hybridized carbons (Fsp3) is 0.500. The van der Waals surface area contributed by atoms with Crippen molar-refractivity contribution < 1.29 is 24.2 Å². The van der Waals surface area contributed by atoms with E-state index < -0.39 is 23.5 Å². The van der Waals surface area contributed by atoms with E-state index in [2.05, 4.69) is 17.4 Å². The standard InChI is InChI=1S/C28H34ClNO5S/c1-28(2)21-16-20(26(31)30-22(27(32)33)13-14-36-3)23(11-9-17-7-5-4-6-8-17)34-25(21)19-15-18(29)10-12-24(19)35-28/h4-8,10,12,15,20-23,25H,9,11,13-14,16H2,1-3H3,(H,30,31)(H,32,33)/t20-,21-,22+,23-,25+/m1/s1. The maximum Gasteiger partial charge on any atom is 0.326 e. The Balaban J connectivity index is 1.62. The molecule has 1 amide bonds. The predicted octanol–water partition coefficient (Wildman–Crippen LogP) is 5.53. The smallest absolute Gasteiger partial charge is 0.326 e. The van der Waals surface area contributed by atoms with Crippen molar-refractivity contribution in [3.8, 4) is 5.75 Å². The highest BCUT2D eigenvalue weighted by molar-refractivity contribution is 7.98. The Bertz CT molecular complexity index is 1080. The minimum absolute atomic E-state index is 0.0957. The number of thioether (sulfide) groups is 1. The van der Waals surface area contributed by atoms with Gasteiger partial charge in [0.2, 0.25) is 5.91 Å². The van der Waals surface area contributed by atoms with Crippen molar-refractivity contribution in [2.75, 3.05) is 12.0 Å². The number of benzene rings is 2. The SMILES string of the molecule is CSCC[C@H](NC(=O)[C@@H]1C[C@@H]2[C@@H](O[C@@H]1CCc1ccccc1)c1cc(Cl)ccc1OC2(C)C)C(=O)O. The van der Waals surface area contributed by atoms with E-state index in [-0.39, 0.29) is 24.0 Å². The number of nitrogens with one attached hydrogen (secondary N) is 1. The van der Waals surface area contributed by atoms with Gasteiger partial charge in [0.15, 0.2) is 0 Å². The van der Waals surface area contributed by atoms with Gasteiger partial charge in [0, 0.05) is 16.5 Å². The third kappa shape index (κ3) is 6.01.